The van der Waals surface area contributed by atoms with Crippen molar-refractivity contribution in [2.45, 2.75) is 45.0 Å². The van der Waals surface area contributed by atoms with Crippen molar-refractivity contribution in [2.24, 2.45) is 7.05 Å². The molecule has 0 spiro atoms. The van der Waals surface area contributed by atoms with Crippen molar-refractivity contribution in [1.82, 2.24) is 29.5 Å². The lowest BCUT2D eigenvalue weighted by Gasteiger charge is -2.38. The van der Waals surface area contributed by atoms with Crippen molar-refractivity contribution in [3.8, 4) is 21.7 Å². The van der Waals surface area contributed by atoms with Crippen molar-refractivity contribution in [2.75, 3.05) is 20.1 Å². The number of thiophene rings is 1. The van der Waals surface area contributed by atoms with Crippen molar-refractivity contribution in [3.63, 3.8) is 0 Å². The molecule has 0 aliphatic carbocycles. The van der Waals surface area contributed by atoms with Crippen LogP contribution < -0.4 is 10.9 Å². The van der Waals surface area contributed by atoms with Gasteiger partial charge in [-0.05, 0) is 61.0 Å². The van der Waals surface area contributed by atoms with Gasteiger partial charge in [-0.15, -0.1) is 11.3 Å². The van der Waals surface area contributed by atoms with Gasteiger partial charge in [-0.1, -0.05) is 36.4 Å². The number of piperidine rings is 1. The minimum atomic E-state index is -1.06. The number of fused-ring (bicyclic) bond motifs is 1. The van der Waals surface area contributed by atoms with Gasteiger partial charge in [0.15, 0.2) is 5.52 Å². The molecule has 0 amide bonds. The zero-order valence-electron chi connectivity index (χ0n) is 24.1. The summed E-state index contributed by atoms with van der Waals surface area (Å²) in [5.41, 5.74) is 5.08. The molecule has 1 aliphatic rings. The molecule has 0 atom stereocenters. The van der Waals surface area contributed by atoms with Gasteiger partial charge in [-0.3, -0.25) is 18.9 Å². The van der Waals surface area contributed by atoms with Crippen LogP contribution in [0.4, 0.5) is 4.39 Å². The quantitative estimate of drug-likeness (QED) is 0.274. The Hall–Kier alpha value is -3.70. The maximum atomic E-state index is 15.0. The predicted octanol–water partition coefficient (Wildman–Crippen LogP) is 4.72. The van der Waals surface area contributed by atoms with E-state index in [1.54, 1.807) is 22.1 Å². The first-order valence-corrected chi connectivity index (χ1v) is 15.1. The molecule has 10 heteroatoms. The smallest absolute Gasteiger partial charge is 0.281 e. The van der Waals surface area contributed by atoms with Gasteiger partial charge < -0.3 is 10.4 Å². The second kappa shape index (κ2) is 11.5. The highest BCUT2D eigenvalue weighted by molar-refractivity contribution is 7.13. The van der Waals surface area contributed by atoms with E-state index in [0.29, 0.717) is 43.6 Å². The lowest BCUT2D eigenvalue weighted by molar-refractivity contribution is -0.0366. The van der Waals surface area contributed by atoms with Crippen LogP contribution in [0.5, 0.6) is 0 Å². The second-order valence-corrected chi connectivity index (χ2v) is 12.3. The predicted molar refractivity (Wildman–Crippen MR) is 165 cm³/mol. The van der Waals surface area contributed by atoms with Crippen LogP contribution in [-0.4, -0.2) is 55.1 Å². The first-order chi connectivity index (χ1) is 20.2. The number of nitrogens with one attached hydrogen (secondary N) is 1. The fourth-order valence-electron chi connectivity index (χ4n) is 5.77. The topological polar surface area (TPSA) is 88.2 Å². The van der Waals surface area contributed by atoms with Crippen LogP contribution in [0.3, 0.4) is 0 Å². The van der Waals surface area contributed by atoms with Crippen molar-refractivity contribution in [1.29, 1.82) is 0 Å². The van der Waals surface area contributed by atoms with Crippen molar-refractivity contribution < 1.29 is 9.50 Å². The lowest BCUT2D eigenvalue weighted by atomic mass is 9.91. The van der Waals surface area contributed by atoms with Gasteiger partial charge in [-0.2, -0.15) is 5.10 Å². The molecule has 1 saturated heterocycles. The third-order valence-corrected chi connectivity index (χ3v) is 9.23. The number of hydrogen-bond acceptors (Lipinski definition) is 7. The molecule has 1 aliphatic heterocycles. The van der Waals surface area contributed by atoms with Crippen LogP contribution in [0.1, 0.15) is 29.5 Å². The van der Waals surface area contributed by atoms with E-state index >= 15 is 0 Å². The van der Waals surface area contributed by atoms with E-state index in [0.717, 1.165) is 33.8 Å². The summed E-state index contributed by atoms with van der Waals surface area (Å²) in [6, 6.07) is 15.6. The number of aromatic nitrogens is 4. The fraction of sp³-hybridized carbons (Fsp3) is 0.344. The number of hydrogen-bond donors (Lipinski definition) is 2. The zero-order valence-corrected chi connectivity index (χ0v) is 24.9. The molecule has 6 rings (SSSR count). The Bertz CT molecular complexity index is 1780. The molecule has 42 heavy (non-hydrogen) atoms. The van der Waals surface area contributed by atoms with Gasteiger partial charge in [0.2, 0.25) is 0 Å². The number of likely N-dealkylation sites (tertiary alicyclic amines) is 1. The Morgan fingerprint density at radius 1 is 1.07 bits per heavy atom. The zero-order chi connectivity index (χ0) is 29.4. The standard InChI is InChI=1S/C32H35FN6O2S/c1-21-14-27(42-18-21)24-8-9-25(26(33)15-24)17-38-12-10-32(41,11-13-38)19-39-20-35-28-29(31(39)40)36-37(3)30(28)23-6-4-22(5-7-23)16-34-2/h4-9,14-15,18,20,34,41H,10-13,16-17,19H2,1-3H3. The first-order valence-electron chi connectivity index (χ1n) is 14.2. The molecule has 3 aromatic heterocycles. The molecule has 2 N–H and O–H groups in total. The maximum Gasteiger partial charge on any atom is 0.281 e. The monoisotopic (exact) mass is 586 g/mol. The van der Waals surface area contributed by atoms with E-state index in [9.17, 15) is 14.3 Å². The highest BCUT2D eigenvalue weighted by atomic mass is 32.1. The van der Waals surface area contributed by atoms with Crippen LogP contribution in [0, 0.1) is 12.7 Å². The van der Waals surface area contributed by atoms with E-state index in [4.69, 9.17) is 0 Å². The highest BCUT2D eigenvalue weighted by Crippen LogP contribution is 2.30. The summed E-state index contributed by atoms with van der Waals surface area (Å²) in [6.45, 7) is 4.62. The highest BCUT2D eigenvalue weighted by Gasteiger charge is 2.33. The Labute approximate surface area is 248 Å². The molecular weight excluding hydrogens is 551 g/mol. The molecule has 218 valence electrons. The SMILES string of the molecule is CNCc1ccc(-c2c3ncn(CC4(O)CCN(Cc5ccc(-c6cc(C)cs6)cc5F)CC4)c(=O)c3nn2C)cc1. The summed E-state index contributed by atoms with van der Waals surface area (Å²) in [7, 11) is 3.72. The van der Waals surface area contributed by atoms with Gasteiger partial charge in [0.1, 0.15) is 11.3 Å². The summed E-state index contributed by atoms with van der Waals surface area (Å²) < 4.78 is 18.1. The minimum absolute atomic E-state index is 0.135. The van der Waals surface area contributed by atoms with Crippen molar-refractivity contribution in [3.05, 3.63) is 93.1 Å². The third-order valence-electron chi connectivity index (χ3n) is 8.13. The van der Waals surface area contributed by atoms with Gasteiger partial charge in [0.25, 0.3) is 5.56 Å². The molecule has 5 aromatic rings. The summed E-state index contributed by atoms with van der Waals surface area (Å²) in [4.78, 5) is 21.3. The van der Waals surface area contributed by atoms with Crippen LogP contribution in [0.15, 0.2) is 65.0 Å². The largest absolute Gasteiger partial charge is 0.388 e. The Morgan fingerprint density at radius 3 is 2.48 bits per heavy atom. The normalized spacial score (nSPS) is 15.5. The summed E-state index contributed by atoms with van der Waals surface area (Å²) in [5, 5.41) is 21.1. The molecule has 0 unspecified atom stereocenters. The van der Waals surface area contributed by atoms with Gasteiger partial charge in [0.05, 0.1) is 24.2 Å². The van der Waals surface area contributed by atoms with E-state index in [1.807, 2.05) is 57.4 Å². The molecule has 4 heterocycles. The number of halogens is 1. The molecule has 0 bridgehead atoms. The molecule has 2 aromatic carbocycles. The fourth-order valence-corrected chi connectivity index (χ4v) is 6.67. The average Bonchev–Trinajstić information content (AvgIpc) is 3.56. The summed E-state index contributed by atoms with van der Waals surface area (Å²) >= 11 is 1.62. The molecule has 0 saturated carbocycles. The number of aliphatic hydroxyl groups is 1. The Balaban J connectivity index is 1.13. The van der Waals surface area contributed by atoms with E-state index < -0.39 is 5.60 Å². The second-order valence-electron chi connectivity index (χ2n) is 11.4. The average molecular weight is 587 g/mol. The molecule has 0 radical (unpaired) electrons. The molecular formula is C32H35FN6O2S. The van der Waals surface area contributed by atoms with E-state index in [1.165, 1.54) is 16.5 Å². The molecule has 1 fully saturated rings. The van der Waals surface area contributed by atoms with Gasteiger partial charge in [0, 0.05) is 49.2 Å². The van der Waals surface area contributed by atoms with Gasteiger partial charge in [-0.25, -0.2) is 9.37 Å². The number of benzene rings is 2. The summed E-state index contributed by atoms with van der Waals surface area (Å²) in [6.07, 6.45) is 2.46. The Kier molecular flexibility index (Phi) is 7.80. The van der Waals surface area contributed by atoms with E-state index in [2.05, 4.69) is 31.7 Å². The van der Waals surface area contributed by atoms with Crippen LogP contribution >= 0.6 is 11.3 Å². The van der Waals surface area contributed by atoms with E-state index in [-0.39, 0.29) is 23.4 Å². The van der Waals surface area contributed by atoms with Crippen LogP contribution in [-0.2, 0) is 26.7 Å². The van der Waals surface area contributed by atoms with Crippen LogP contribution in [0.2, 0.25) is 0 Å². The van der Waals surface area contributed by atoms with Gasteiger partial charge >= 0.3 is 0 Å². The maximum absolute atomic E-state index is 15.0. The van der Waals surface area contributed by atoms with Crippen LogP contribution in [0.25, 0.3) is 32.7 Å². The molecule has 8 nitrogen and oxygen atoms in total. The first kappa shape index (κ1) is 28.4. The van der Waals surface area contributed by atoms with Crippen molar-refractivity contribution >= 4 is 22.4 Å². The lowest BCUT2D eigenvalue weighted by Crippen LogP contribution is -2.47. The summed E-state index contributed by atoms with van der Waals surface area (Å²) in [5.74, 6) is -0.214. The Morgan fingerprint density at radius 2 is 1.81 bits per heavy atom. The number of nitrogens with zero attached hydrogens (tertiary/aromatic N) is 5. The minimum Gasteiger partial charge on any atom is -0.388 e. The third kappa shape index (κ3) is 5.67. The number of rotatable bonds is 8. The number of aryl methyl sites for hydroxylation is 2.